The molecule has 1 heterocycles. The molecule has 0 spiro atoms. The SMILES string of the molecule is O=C(NCCCCc1ccccc1)Nc1ccc(Br)o1. The van der Waals surface area contributed by atoms with Crippen molar-refractivity contribution in [1.29, 1.82) is 0 Å². The van der Waals surface area contributed by atoms with E-state index in [0.717, 1.165) is 19.3 Å². The van der Waals surface area contributed by atoms with Crippen molar-refractivity contribution in [2.75, 3.05) is 11.9 Å². The van der Waals surface area contributed by atoms with E-state index in [0.29, 0.717) is 17.1 Å². The van der Waals surface area contributed by atoms with E-state index in [-0.39, 0.29) is 6.03 Å². The van der Waals surface area contributed by atoms with Gasteiger partial charge in [0.2, 0.25) is 5.88 Å². The zero-order chi connectivity index (χ0) is 14.2. The van der Waals surface area contributed by atoms with Gasteiger partial charge in [0, 0.05) is 12.6 Å². The van der Waals surface area contributed by atoms with Gasteiger partial charge in [-0.15, -0.1) is 0 Å². The second-order valence-corrected chi connectivity index (χ2v) is 5.21. The summed E-state index contributed by atoms with van der Waals surface area (Å²) in [6.07, 6.45) is 3.04. The molecule has 2 N–H and O–H groups in total. The first kappa shape index (κ1) is 14.7. The van der Waals surface area contributed by atoms with E-state index in [9.17, 15) is 4.79 Å². The molecule has 0 bridgehead atoms. The first-order chi connectivity index (χ1) is 9.74. The number of benzene rings is 1. The number of hydrogen-bond acceptors (Lipinski definition) is 2. The molecular formula is C15H17BrN2O2. The van der Waals surface area contributed by atoms with Crippen LogP contribution in [0.5, 0.6) is 0 Å². The fourth-order valence-electron chi connectivity index (χ4n) is 1.84. The summed E-state index contributed by atoms with van der Waals surface area (Å²) in [7, 11) is 0. The Morgan fingerprint density at radius 2 is 1.90 bits per heavy atom. The highest BCUT2D eigenvalue weighted by molar-refractivity contribution is 9.10. The van der Waals surface area contributed by atoms with E-state index in [4.69, 9.17) is 4.42 Å². The van der Waals surface area contributed by atoms with Crippen LogP contribution >= 0.6 is 15.9 Å². The van der Waals surface area contributed by atoms with E-state index in [2.05, 4.69) is 38.7 Å². The number of hydrogen-bond donors (Lipinski definition) is 2. The number of carbonyl (C=O) groups is 1. The maximum absolute atomic E-state index is 11.6. The minimum atomic E-state index is -0.244. The lowest BCUT2D eigenvalue weighted by atomic mass is 10.1. The van der Waals surface area contributed by atoms with Crippen LogP contribution in [0.15, 0.2) is 51.6 Å². The van der Waals surface area contributed by atoms with Crippen LogP contribution in [0.4, 0.5) is 10.7 Å². The number of amides is 2. The third-order valence-electron chi connectivity index (χ3n) is 2.83. The third-order valence-corrected chi connectivity index (χ3v) is 3.26. The highest BCUT2D eigenvalue weighted by Gasteiger charge is 2.04. The fraction of sp³-hybridized carbons (Fsp3) is 0.267. The van der Waals surface area contributed by atoms with Gasteiger partial charge in [0.05, 0.1) is 0 Å². The van der Waals surface area contributed by atoms with E-state index in [1.165, 1.54) is 5.56 Å². The third kappa shape index (κ3) is 5.09. The van der Waals surface area contributed by atoms with E-state index in [1.54, 1.807) is 12.1 Å². The molecule has 2 rings (SSSR count). The van der Waals surface area contributed by atoms with Gasteiger partial charge in [-0.1, -0.05) is 30.3 Å². The molecule has 0 aliphatic heterocycles. The van der Waals surface area contributed by atoms with Crippen LogP contribution < -0.4 is 10.6 Å². The second-order valence-electron chi connectivity index (χ2n) is 4.43. The van der Waals surface area contributed by atoms with Crippen molar-refractivity contribution in [3.63, 3.8) is 0 Å². The Morgan fingerprint density at radius 1 is 1.10 bits per heavy atom. The molecule has 0 unspecified atom stereocenters. The summed E-state index contributed by atoms with van der Waals surface area (Å²) in [5.41, 5.74) is 1.33. The minimum absolute atomic E-state index is 0.244. The van der Waals surface area contributed by atoms with E-state index >= 15 is 0 Å². The van der Waals surface area contributed by atoms with Crippen molar-refractivity contribution in [3.05, 3.63) is 52.7 Å². The lowest BCUT2D eigenvalue weighted by Gasteiger charge is -2.05. The molecule has 0 atom stereocenters. The molecule has 0 saturated carbocycles. The summed E-state index contributed by atoms with van der Waals surface area (Å²) in [6, 6.07) is 13.5. The number of aryl methyl sites for hydroxylation is 1. The molecule has 2 aromatic rings. The normalized spacial score (nSPS) is 10.2. The Hall–Kier alpha value is -1.75. The molecule has 0 radical (unpaired) electrons. The summed E-state index contributed by atoms with van der Waals surface area (Å²) in [5, 5.41) is 5.43. The van der Waals surface area contributed by atoms with Gasteiger partial charge < -0.3 is 9.73 Å². The number of urea groups is 1. The van der Waals surface area contributed by atoms with Crippen molar-refractivity contribution in [1.82, 2.24) is 5.32 Å². The Morgan fingerprint density at radius 3 is 2.60 bits per heavy atom. The lowest BCUT2D eigenvalue weighted by Crippen LogP contribution is -2.29. The zero-order valence-electron chi connectivity index (χ0n) is 11.1. The smallest absolute Gasteiger partial charge is 0.321 e. The molecule has 2 amide bonds. The molecule has 0 aliphatic carbocycles. The predicted molar refractivity (Wildman–Crippen MR) is 82.8 cm³/mol. The quantitative estimate of drug-likeness (QED) is 0.777. The van der Waals surface area contributed by atoms with Crippen molar-refractivity contribution in [2.45, 2.75) is 19.3 Å². The van der Waals surface area contributed by atoms with E-state index < -0.39 is 0 Å². The number of rotatable bonds is 6. The second kappa shape index (κ2) is 7.75. The van der Waals surface area contributed by atoms with Crippen molar-refractivity contribution >= 4 is 27.8 Å². The fourth-order valence-corrected chi connectivity index (χ4v) is 2.14. The van der Waals surface area contributed by atoms with Gasteiger partial charge in [-0.25, -0.2) is 4.79 Å². The average Bonchev–Trinajstić information content (AvgIpc) is 2.85. The molecule has 106 valence electrons. The maximum Gasteiger partial charge on any atom is 0.321 e. The largest absolute Gasteiger partial charge is 0.434 e. The van der Waals surface area contributed by atoms with Crippen LogP contribution in [0.25, 0.3) is 0 Å². The van der Waals surface area contributed by atoms with E-state index in [1.807, 2.05) is 18.2 Å². The number of halogens is 1. The first-order valence-electron chi connectivity index (χ1n) is 6.58. The number of carbonyl (C=O) groups excluding carboxylic acids is 1. The summed E-state index contributed by atoms with van der Waals surface area (Å²) in [5.74, 6) is 0.429. The number of anilines is 1. The molecule has 5 heteroatoms. The minimum Gasteiger partial charge on any atom is -0.434 e. The van der Waals surface area contributed by atoms with Crippen LogP contribution in [0.2, 0.25) is 0 Å². The average molecular weight is 337 g/mol. The molecule has 0 aliphatic rings. The van der Waals surface area contributed by atoms with Crippen molar-refractivity contribution < 1.29 is 9.21 Å². The van der Waals surface area contributed by atoms with Gasteiger partial charge in [-0.3, -0.25) is 5.32 Å². The van der Waals surface area contributed by atoms with Crippen LogP contribution in [-0.4, -0.2) is 12.6 Å². The van der Waals surface area contributed by atoms with Gasteiger partial charge >= 0.3 is 6.03 Å². The van der Waals surface area contributed by atoms with Gasteiger partial charge in [0.15, 0.2) is 4.67 Å². The lowest BCUT2D eigenvalue weighted by molar-refractivity contribution is 0.251. The molecule has 4 nitrogen and oxygen atoms in total. The monoisotopic (exact) mass is 336 g/mol. The van der Waals surface area contributed by atoms with Gasteiger partial charge in [0.1, 0.15) is 0 Å². The van der Waals surface area contributed by atoms with Crippen LogP contribution in [0.1, 0.15) is 18.4 Å². The first-order valence-corrected chi connectivity index (χ1v) is 7.37. The highest BCUT2D eigenvalue weighted by Crippen LogP contribution is 2.17. The maximum atomic E-state index is 11.6. The highest BCUT2D eigenvalue weighted by atomic mass is 79.9. The Labute approximate surface area is 126 Å². The standard InChI is InChI=1S/C15H17BrN2O2/c16-13-9-10-14(20-13)18-15(19)17-11-5-4-8-12-6-2-1-3-7-12/h1-3,6-7,9-10H,4-5,8,11H2,(H2,17,18,19). The van der Waals surface area contributed by atoms with Crippen LogP contribution in [0.3, 0.4) is 0 Å². The number of unbranched alkanes of at least 4 members (excludes halogenated alkanes) is 1. The van der Waals surface area contributed by atoms with Crippen molar-refractivity contribution in [2.24, 2.45) is 0 Å². The Kier molecular flexibility index (Phi) is 5.68. The summed E-state index contributed by atoms with van der Waals surface area (Å²) in [6.45, 7) is 0.653. The van der Waals surface area contributed by atoms with Gasteiger partial charge in [-0.2, -0.15) is 0 Å². The molecule has 1 aromatic carbocycles. The van der Waals surface area contributed by atoms with Gasteiger partial charge in [0.25, 0.3) is 0 Å². The summed E-state index contributed by atoms with van der Waals surface area (Å²) in [4.78, 5) is 11.6. The van der Waals surface area contributed by atoms with Crippen molar-refractivity contribution in [3.8, 4) is 0 Å². The molecule has 20 heavy (non-hydrogen) atoms. The molecular weight excluding hydrogens is 320 g/mol. The molecule has 0 fully saturated rings. The topological polar surface area (TPSA) is 54.3 Å². The predicted octanol–water partition coefficient (Wildman–Crippen LogP) is 4.19. The van der Waals surface area contributed by atoms with Crippen LogP contribution in [-0.2, 0) is 6.42 Å². The number of furan rings is 1. The Balaban J connectivity index is 1.58. The van der Waals surface area contributed by atoms with Gasteiger partial charge in [-0.05, 0) is 46.8 Å². The Bertz CT molecular complexity index is 540. The molecule has 1 aromatic heterocycles. The van der Waals surface area contributed by atoms with Crippen LogP contribution in [0, 0.1) is 0 Å². The summed E-state index contributed by atoms with van der Waals surface area (Å²) >= 11 is 3.18. The summed E-state index contributed by atoms with van der Waals surface area (Å²) < 4.78 is 5.78. The molecule has 0 saturated heterocycles. The zero-order valence-corrected chi connectivity index (χ0v) is 12.7. The number of nitrogens with one attached hydrogen (secondary N) is 2.